The molecule has 0 radical (unpaired) electrons. The van der Waals surface area contributed by atoms with Crippen LogP contribution in [0.3, 0.4) is 0 Å². The molecule has 0 bridgehead atoms. The molecule has 1 aromatic heterocycles. The van der Waals surface area contributed by atoms with Crippen LogP contribution in [-0.4, -0.2) is 17.1 Å². The number of nitrogens with zero attached hydrogens (tertiary/aromatic N) is 2. The fraction of sp³-hybridized carbons (Fsp3) is 0.167. The maximum Gasteiger partial charge on any atom is 0.338 e. The molecule has 6 nitrogen and oxygen atoms in total. The lowest BCUT2D eigenvalue weighted by Crippen LogP contribution is -2.39. The molecule has 11 heteroatoms. The van der Waals surface area contributed by atoms with Crippen LogP contribution in [0.5, 0.6) is 5.75 Å². The minimum absolute atomic E-state index is 0.000934. The summed E-state index contributed by atoms with van der Waals surface area (Å²) < 4.78 is 42.7. The summed E-state index contributed by atoms with van der Waals surface area (Å²) in [5, 5.41) is 0. The molecule has 5 rings (SSSR count). The van der Waals surface area contributed by atoms with Gasteiger partial charge >= 0.3 is 5.97 Å². The van der Waals surface area contributed by atoms with E-state index in [9.17, 15) is 18.4 Å². The van der Waals surface area contributed by atoms with Gasteiger partial charge < -0.3 is 9.47 Å². The highest BCUT2D eigenvalue weighted by Gasteiger charge is 2.33. The molecule has 2 heterocycles. The van der Waals surface area contributed by atoms with Crippen LogP contribution in [0.1, 0.15) is 36.6 Å². The molecule has 1 aliphatic rings. The summed E-state index contributed by atoms with van der Waals surface area (Å²) in [4.78, 5) is 31.9. The average molecular weight is 751 g/mol. The van der Waals surface area contributed by atoms with Crippen molar-refractivity contribution in [3.05, 3.63) is 128 Å². The number of carbonyl (C=O) groups excluding carboxylic acids is 1. The van der Waals surface area contributed by atoms with Gasteiger partial charge in [-0.2, -0.15) is 0 Å². The van der Waals surface area contributed by atoms with E-state index in [2.05, 4.69) is 43.5 Å². The highest BCUT2D eigenvalue weighted by molar-refractivity contribution is 14.1. The second-order valence-corrected chi connectivity index (χ2v) is 12.1. The highest BCUT2D eigenvalue weighted by Crippen LogP contribution is 2.33. The first kappa shape index (κ1) is 29.3. The predicted octanol–water partition coefficient (Wildman–Crippen LogP) is 6.02. The lowest BCUT2D eigenvalue weighted by atomic mass is 9.96. The van der Waals surface area contributed by atoms with Crippen LogP contribution in [0.2, 0.25) is 0 Å². The van der Waals surface area contributed by atoms with Gasteiger partial charge in [0.1, 0.15) is 24.0 Å². The zero-order valence-corrected chi connectivity index (χ0v) is 26.3. The van der Waals surface area contributed by atoms with E-state index in [-0.39, 0.29) is 30.2 Å². The number of allylic oxidation sites excluding steroid dienone is 1. The van der Waals surface area contributed by atoms with E-state index in [1.54, 1.807) is 50.3 Å². The summed E-state index contributed by atoms with van der Waals surface area (Å²) in [5.74, 6) is -0.918. The van der Waals surface area contributed by atoms with Gasteiger partial charge in [0.15, 0.2) is 4.80 Å². The van der Waals surface area contributed by atoms with Crippen molar-refractivity contribution in [3.63, 3.8) is 0 Å². The summed E-state index contributed by atoms with van der Waals surface area (Å²) in [6.45, 7) is 3.53. The van der Waals surface area contributed by atoms with Gasteiger partial charge in [-0.3, -0.25) is 9.36 Å². The molecule has 41 heavy (non-hydrogen) atoms. The number of thiazole rings is 1. The van der Waals surface area contributed by atoms with Crippen LogP contribution in [0.4, 0.5) is 8.78 Å². The van der Waals surface area contributed by atoms with Crippen molar-refractivity contribution in [2.75, 3.05) is 6.61 Å². The fourth-order valence-electron chi connectivity index (χ4n) is 4.50. The van der Waals surface area contributed by atoms with E-state index in [0.717, 1.165) is 19.4 Å². The SMILES string of the molecule is CCOC(=O)C1=C(C)N=c2s/c(=C\c3cc(Br)cc(I)c3OCc3ccccc3F)c(=O)n2[C@@H]1c1ccc(F)cc1. The van der Waals surface area contributed by atoms with E-state index in [0.29, 0.717) is 37.5 Å². The average Bonchev–Trinajstić information content (AvgIpc) is 3.23. The van der Waals surface area contributed by atoms with E-state index in [1.165, 1.54) is 22.8 Å². The summed E-state index contributed by atoms with van der Waals surface area (Å²) in [6, 6.07) is 14.8. The van der Waals surface area contributed by atoms with Crippen LogP contribution < -0.4 is 19.6 Å². The number of ether oxygens (including phenoxy) is 2. The van der Waals surface area contributed by atoms with Crippen molar-refractivity contribution >= 4 is 61.9 Å². The Bertz CT molecular complexity index is 1870. The van der Waals surface area contributed by atoms with E-state index in [4.69, 9.17) is 9.47 Å². The van der Waals surface area contributed by atoms with Gasteiger partial charge in [0.25, 0.3) is 5.56 Å². The Balaban J connectivity index is 1.65. The van der Waals surface area contributed by atoms with E-state index < -0.39 is 17.8 Å². The number of esters is 1. The van der Waals surface area contributed by atoms with Crippen molar-refractivity contribution in [2.45, 2.75) is 26.5 Å². The second kappa shape index (κ2) is 12.4. The van der Waals surface area contributed by atoms with Crippen molar-refractivity contribution in [1.29, 1.82) is 0 Å². The Hall–Kier alpha value is -3.16. The summed E-state index contributed by atoms with van der Waals surface area (Å²) in [7, 11) is 0. The molecule has 4 aromatic rings. The quantitative estimate of drug-likeness (QED) is 0.171. The lowest BCUT2D eigenvalue weighted by Gasteiger charge is -2.24. The number of carbonyl (C=O) groups is 1. The van der Waals surface area contributed by atoms with Gasteiger partial charge in [-0.05, 0) is 78.4 Å². The van der Waals surface area contributed by atoms with Crippen LogP contribution >= 0.6 is 49.9 Å². The second-order valence-electron chi connectivity index (χ2n) is 9.04. The smallest absolute Gasteiger partial charge is 0.338 e. The first-order valence-electron chi connectivity index (χ1n) is 12.5. The minimum Gasteiger partial charge on any atom is -0.487 e. The third kappa shape index (κ3) is 6.07. The van der Waals surface area contributed by atoms with Gasteiger partial charge in [0.2, 0.25) is 0 Å². The molecule has 0 saturated heterocycles. The molecule has 0 aliphatic carbocycles. The number of aromatic nitrogens is 1. The number of hydrogen-bond donors (Lipinski definition) is 0. The van der Waals surface area contributed by atoms with Crippen molar-refractivity contribution in [3.8, 4) is 5.75 Å². The Labute approximate surface area is 259 Å². The first-order valence-corrected chi connectivity index (χ1v) is 15.2. The molecule has 0 unspecified atom stereocenters. The molecule has 3 aromatic carbocycles. The van der Waals surface area contributed by atoms with Gasteiger partial charge in [-0.25, -0.2) is 18.6 Å². The standard InChI is InChI=1S/C30H22BrF2IN2O4S/c1-3-39-29(38)25-16(2)35-30-36(26(25)17-8-10-21(32)11-9-17)28(37)24(41-30)13-19-12-20(31)14-23(34)27(19)40-15-18-6-4-5-7-22(18)33/h4-14,26H,3,15H2,1-2H3/b24-13-/t26-/m1/s1. The minimum atomic E-state index is -0.854. The van der Waals surface area contributed by atoms with E-state index in [1.807, 2.05) is 12.1 Å². The fourth-order valence-corrected chi connectivity index (χ4v) is 7.24. The number of halogens is 4. The molecule has 0 spiro atoms. The molecule has 0 fully saturated rings. The summed E-state index contributed by atoms with van der Waals surface area (Å²) in [5.41, 5.74) is 1.79. The predicted molar refractivity (Wildman–Crippen MR) is 164 cm³/mol. The topological polar surface area (TPSA) is 69.9 Å². The monoisotopic (exact) mass is 750 g/mol. The van der Waals surface area contributed by atoms with Crippen molar-refractivity contribution < 1.29 is 23.0 Å². The molecule has 1 aliphatic heterocycles. The molecular formula is C30H22BrF2IN2O4S. The van der Waals surface area contributed by atoms with Gasteiger partial charge in [-0.1, -0.05) is 57.6 Å². The zero-order valence-electron chi connectivity index (χ0n) is 21.8. The van der Waals surface area contributed by atoms with E-state index >= 15 is 0 Å². The maximum atomic E-state index is 14.2. The van der Waals surface area contributed by atoms with Gasteiger partial charge in [0.05, 0.1) is 32.0 Å². The molecule has 0 saturated carbocycles. The summed E-state index contributed by atoms with van der Waals surface area (Å²) in [6.07, 6.45) is 1.69. The summed E-state index contributed by atoms with van der Waals surface area (Å²) >= 11 is 6.80. The van der Waals surface area contributed by atoms with Gasteiger partial charge in [0, 0.05) is 15.6 Å². The Morgan fingerprint density at radius 3 is 2.61 bits per heavy atom. The highest BCUT2D eigenvalue weighted by atomic mass is 127. The third-order valence-electron chi connectivity index (χ3n) is 6.36. The van der Waals surface area contributed by atoms with Crippen molar-refractivity contribution in [2.24, 2.45) is 4.99 Å². The molecule has 0 amide bonds. The van der Waals surface area contributed by atoms with Crippen LogP contribution in [0.15, 0.2) is 86.2 Å². The van der Waals surface area contributed by atoms with Crippen LogP contribution in [0, 0.1) is 15.2 Å². The molecule has 0 N–H and O–H groups in total. The Kier molecular flexibility index (Phi) is 8.85. The third-order valence-corrected chi connectivity index (χ3v) is 8.60. The largest absolute Gasteiger partial charge is 0.487 e. The molecule has 1 atom stereocenters. The molecular weight excluding hydrogens is 729 g/mol. The number of rotatable bonds is 7. The lowest BCUT2D eigenvalue weighted by molar-refractivity contribution is -0.139. The van der Waals surface area contributed by atoms with Gasteiger partial charge in [-0.15, -0.1) is 0 Å². The number of benzene rings is 3. The Morgan fingerprint density at radius 1 is 1.17 bits per heavy atom. The number of hydrogen-bond acceptors (Lipinski definition) is 6. The molecule has 210 valence electrons. The normalized spacial score (nSPS) is 15.0. The Morgan fingerprint density at radius 2 is 1.90 bits per heavy atom. The van der Waals surface area contributed by atoms with Crippen LogP contribution in [0.25, 0.3) is 6.08 Å². The van der Waals surface area contributed by atoms with Crippen molar-refractivity contribution in [1.82, 2.24) is 4.57 Å². The zero-order chi connectivity index (χ0) is 29.3. The maximum absolute atomic E-state index is 14.2. The first-order chi connectivity index (χ1) is 19.7. The van der Waals surface area contributed by atoms with Crippen LogP contribution in [-0.2, 0) is 16.1 Å². The number of fused-ring (bicyclic) bond motifs is 1.